The average Bonchev–Trinajstić information content (AvgIpc) is 3.80. The van der Waals surface area contributed by atoms with Crippen LogP contribution in [0.15, 0.2) is 194 Å². The van der Waals surface area contributed by atoms with E-state index in [4.69, 9.17) is 19.9 Å². The minimum atomic E-state index is 0.569. The quantitative estimate of drug-likeness (QED) is 0.172. The first kappa shape index (κ1) is 31.8. The zero-order valence-electron chi connectivity index (χ0n) is 30.2. The molecule has 4 heterocycles. The van der Waals surface area contributed by atoms with Crippen LogP contribution in [0, 0.1) is 0 Å². The lowest BCUT2D eigenvalue weighted by atomic mass is 10.1. The largest absolute Gasteiger partial charge is 0.309 e. The molecule has 0 N–H and O–H groups in total. The molecule has 0 amide bonds. The Balaban J connectivity index is 1.18. The summed E-state index contributed by atoms with van der Waals surface area (Å²) in [6.07, 6.45) is 0. The first-order valence-corrected chi connectivity index (χ1v) is 18.7. The minimum Gasteiger partial charge on any atom is -0.309 e. The van der Waals surface area contributed by atoms with Crippen molar-refractivity contribution in [2.75, 3.05) is 0 Å². The van der Waals surface area contributed by atoms with E-state index >= 15 is 0 Å². The molecule has 11 aromatic rings. The third-order valence-electron chi connectivity index (χ3n) is 10.6. The van der Waals surface area contributed by atoms with Gasteiger partial charge in [-0.2, -0.15) is 9.97 Å². The standard InChI is InChI=1S/C50H32N6/c1-4-16-33(17-5-1)41-26-15-27-42(51-41)36-22-14-23-37(32-36)55-44-29-13-11-25-40(44)46-45(55)31-30-39-38-24-10-12-28-43(38)56(47(39)46)50-53-48(34-18-6-2-7-19-34)52-49(54-50)35-20-8-3-9-21-35/h1-32H. The van der Waals surface area contributed by atoms with Gasteiger partial charge in [0.1, 0.15) is 0 Å². The molecule has 6 heteroatoms. The number of para-hydroxylation sites is 2. The molecular formula is C50H32N6. The fourth-order valence-corrected chi connectivity index (χ4v) is 8.06. The lowest BCUT2D eigenvalue weighted by Crippen LogP contribution is -2.06. The molecule has 0 radical (unpaired) electrons. The summed E-state index contributed by atoms with van der Waals surface area (Å²) >= 11 is 0. The smallest absolute Gasteiger partial charge is 0.238 e. The maximum absolute atomic E-state index is 5.22. The molecule has 56 heavy (non-hydrogen) atoms. The molecule has 4 aromatic heterocycles. The SMILES string of the molecule is c1ccc(-c2cccc(-c3cccc(-n4c5ccccc5c5c4ccc4c6ccccc6n(-c6nc(-c7ccccc7)nc(-c7ccccc7)n6)c45)c3)n2)cc1. The summed E-state index contributed by atoms with van der Waals surface area (Å²) in [4.78, 5) is 20.6. The van der Waals surface area contributed by atoms with Crippen molar-refractivity contribution in [3.63, 3.8) is 0 Å². The molecule has 0 aliphatic carbocycles. The van der Waals surface area contributed by atoms with Crippen molar-refractivity contribution >= 4 is 43.6 Å². The normalized spacial score (nSPS) is 11.6. The number of fused-ring (bicyclic) bond motifs is 7. The fraction of sp³-hybridized carbons (Fsp3) is 0. The number of hydrogen-bond donors (Lipinski definition) is 0. The highest BCUT2D eigenvalue weighted by Gasteiger charge is 2.23. The Hall–Kier alpha value is -7.70. The molecule has 0 bridgehead atoms. The van der Waals surface area contributed by atoms with Crippen molar-refractivity contribution in [1.29, 1.82) is 0 Å². The van der Waals surface area contributed by atoms with Crippen molar-refractivity contribution in [2.24, 2.45) is 0 Å². The van der Waals surface area contributed by atoms with Crippen LogP contribution in [0.2, 0.25) is 0 Å². The van der Waals surface area contributed by atoms with Crippen LogP contribution in [0.3, 0.4) is 0 Å². The fourth-order valence-electron chi connectivity index (χ4n) is 8.06. The summed E-state index contributed by atoms with van der Waals surface area (Å²) in [6.45, 7) is 0. The molecule has 262 valence electrons. The van der Waals surface area contributed by atoms with Crippen LogP contribution in [0.4, 0.5) is 0 Å². The summed E-state index contributed by atoms with van der Waals surface area (Å²) in [6, 6.07) is 67.3. The molecule has 0 atom stereocenters. The molecule has 0 aliphatic heterocycles. The Kier molecular flexibility index (Phi) is 7.38. The summed E-state index contributed by atoms with van der Waals surface area (Å²) in [5.41, 5.74) is 11.2. The maximum Gasteiger partial charge on any atom is 0.238 e. The molecule has 7 aromatic carbocycles. The minimum absolute atomic E-state index is 0.569. The van der Waals surface area contributed by atoms with Gasteiger partial charge in [0.15, 0.2) is 11.6 Å². The topological polar surface area (TPSA) is 61.4 Å². The summed E-state index contributed by atoms with van der Waals surface area (Å²) < 4.78 is 4.61. The van der Waals surface area contributed by atoms with Crippen LogP contribution in [0.1, 0.15) is 0 Å². The predicted octanol–water partition coefficient (Wildman–Crippen LogP) is 12.1. The molecule has 11 rings (SSSR count). The van der Waals surface area contributed by atoms with Crippen LogP contribution in [-0.2, 0) is 0 Å². The molecule has 0 fully saturated rings. The molecule has 0 saturated heterocycles. The molecule has 0 saturated carbocycles. The van der Waals surface area contributed by atoms with Crippen LogP contribution >= 0.6 is 0 Å². The van der Waals surface area contributed by atoms with Crippen LogP contribution < -0.4 is 0 Å². The Morgan fingerprint density at radius 3 is 1.54 bits per heavy atom. The number of hydrogen-bond acceptors (Lipinski definition) is 4. The predicted molar refractivity (Wildman–Crippen MR) is 228 cm³/mol. The number of aromatic nitrogens is 6. The average molecular weight is 717 g/mol. The zero-order chi connectivity index (χ0) is 37.0. The van der Waals surface area contributed by atoms with Gasteiger partial charge in [-0.05, 0) is 42.5 Å². The number of rotatable bonds is 6. The van der Waals surface area contributed by atoms with Gasteiger partial charge in [0, 0.05) is 49.5 Å². The lowest BCUT2D eigenvalue weighted by molar-refractivity contribution is 0.955. The van der Waals surface area contributed by atoms with Gasteiger partial charge < -0.3 is 4.57 Å². The summed E-state index contributed by atoms with van der Waals surface area (Å²) in [5.74, 6) is 1.81. The van der Waals surface area contributed by atoms with E-state index in [0.717, 1.165) is 82.9 Å². The van der Waals surface area contributed by atoms with E-state index in [1.165, 1.54) is 0 Å². The first-order valence-electron chi connectivity index (χ1n) is 18.7. The number of benzene rings is 7. The Morgan fingerprint density at radius 1 is 0.321 bits per heavy atom. The van der Waals surface area contributed by atoms with E-state index in [1.54, 1.807) is 0 Å². The third kappa shape index (κ3) is 5.19. The van der Waals surface area contributed by atoms with Gasteiger partial charge in [-0.15, -0.1) is 0 Å². The van der Waals surface area contributed by atoms with Gasteiger partial charge >= 0.3 is 0 Å². The Bertz CT molecular complexity index is 3180. The van der Waals surface area contributed by atoms with E-state index in [9.17, 15) is 0 Å². The Labute approximate surface area is 322 Å². The second kappa shape index (κ2) is 13.0. The number of pyridine rings is 1. The van der Waals surface area contributed by atoms with E-state index < -0.39 is 0 Å². The highest BCUT2D eigenvalue weighted by molar-refractivity contribution is 6.26. The van der Waals surface area contributed by atoms with Crippen LogP contribution in [-0.4, -0.2) is 29.1 Å². The third-order valence-corrected chi connectivity index (χ3v) is 10.6. The lowest BCUT2D eigenvalue weighted by Gasteiger charge is -2.12. The zero-order valence-corrected chi connectivity index (χ0v) is 30.2. The molecular weight excluding hydrogens is 685 g/mol. The van der Waals surface area contributed by atoms with Gasteiger partial charge in [0.2, 0.25) is 5.95 Å². The number of nitrogens with zero attached hydrogens (tertiary/aromatic N) is 6. The van der Waals surface area contributed by atoms with Crippen molar-refractivity contribution in [3.05, 3.63) is 194 Å². The van der Waals surface area contributed by atoms with Gasteiger partial charge in [-0.3, -0.25) is 4.57 Å². The Morgan fingerprint density at radius 2 is 0.857 bits per heavy atom. The highest BCUT2D eigenvalue weighted by atomic mass is 15.2. The van der Waals surface area contributed by atoms with Crippen LogP contribution in [0.5, 0.6) is 0 Å². The van der Waals surface area contributed by atoms with E-state index in [-0.39, 0.29) is 0 Å². The highest BCUT2D eigenvalue weighted by Crippen LogP contribution is 2.42. The van der Waals surface area contributed by atoms with Crippen molar-refractivity contribution in [3.8, 4) is 56.9 Å². The molecule has 6 nitrogen and oxygen atoms in total. The van der Waals surface area contributed by atoms with Crippen molar-refractivity contribution < 1.29 is 0 Å². The van der Waals surface area contributed by atoms with Crippen molar-refractivity contribution in [1.82, 2.24) is 29.1 Å². The second-order valence-corrected chi connectivity index (χ2v) is 13.9. The van der Waals surface area contributed by atoms with E-state index in [2.05, 4.69) is 124 Å². The second-order valence-electron chi connectivity index (χ2n) is 13.9. The monoisotopic (exact) mass is 716 g/mol. The van der Waals surface area contributed by atoms with Gasteiger partial charge in [-0.1, -0.05) is 152 Å². The summed E-state index contributed by atoms with van der Waals surface area (Å²) in [7, 11) is 0. The molecule has 0 spiro atoms. The van der Waals surface area contributed by atoms with Gasteiger partial charge in [-0.25, -0.2) is 9.97 Å². The summed E-state index contributed by atoms with van der Waals surface area (Å²) in [5, 5.41) is 4.55. The molecule has 0 aliphatic rings. The van der Waals surface area contributed by atoms with E-state index in [0.29, 0.717) is 17.6 Å². The maximum atomic E-state index is 5.22. The van der Waals surface area contributed by atoms with Gasteiger partial charge in [0.05, 0.1) is 33.5 Å². The van der Waals surface area contributed by atoms with Crippen molar-refractivity contribution in [2.45, 2.75) is 0 Å². The molecule has 0 unspecified atom stereocenters. The first-order chi connectivity index (χ1) is 27.8. The van der Waals surface area contributed by atoms with Crippen LogP contribution in [0.25, 0.3) is 101 Å². The van der Waals surface area contributed by atoms with Gasteiger partial charge in [0.25, 0.3) is 0 Å². The van der Waals surface area contributed by atoms with E-state index in [1.807, 2.05) is 78.9 Å².